The molecule has 1 aromatic rings. The Balaban J connectivity index is 1.79. The standard InChI is InChI=1S/C24H38O4/c1-23(2,3)14-8-4-6-10-18-12-13-20(25)21(26)19(18)11-7-5-9-15-24(16-17-24)22(27)28/h12-13,25-26H,4-11,14-17H2,1-3H3,(H,27,28). The lowest BCUT2D eigenvalue weighted by Gasteiger charge is -2.17. The Morgan fingerprint density at radius 3 is 2.21 bits per heavy atom. The molecule has 1 aliphatic carbocycles. The second-order valence-corrected chi connectivity index (χ2v) is 9.84. The minimum Gasteiger partial charge on any atom is -0.504 e. The highest BCUT2D eigenvalue weighted by molar-refractivity contribution is 5.77. The molecule has 0 radical (unpaired) electrons. The van der Waals surface area contributed by atoms with Crippen LogP contribution < -0.4 is 0 Å². The van der Waals surface area contributed by atoms with E-state index in [4.69, 9.17) is 0 Å². The van der Waals surface area contributed by atoms with Gasteiger partial charge in [0.25, 0.3) is 0 Å². The highest BCUT2D eigenvalue weighted by Gasteiger charge is 2.49. The minimum atomic E-state index is -0.646. The van der Waals surface area contributed by atoms with Crippen molar-refractivity contribution in [3.05, 3.63) is 23.3 Å². The maximum Gasteiger partial charge on any atom is 0.309 e. The van der Waals surface area contributed by atoms with Crippen molar-refractivity contribution in [2.75, 3.05) is 0 Å². The van der Waals surface area contributed by atoms with E-state index in [1.165, 1.54) is 19.3 Å². The highest BCUT2D eigenvalue weighted by atomic mass is 16.4. The van der Waals surface area contributed by atoms with Crippen LogP contribution in [0.4, 0.5) is 0 Å². The molecule has 0 aromatic heterocycles. The molecule has 2 rings (SSSR count). The number of aliphatic carboxylic acids is 1. The molecule has 1 aromatic carbocycles. The summed E-state index contributed by atoms with van der Waals surface area (Å²) in [6.45, 7) is 6.81. The lowest BCUT2D eigenvalue weighted by molar-refractivity contribution is -0.143. The molecule has 1 fully saturated rings. The molecule has 0 unspecified atom stereocenters. The molecule has 0 amide bonds. The maximum absolute atomic E-state index is 11.2. The third kappa shape index (κ3) is 6.72. The molecule has 28 heavy (non-hydrogen) atoms. The van der Waals surface area contributed by atoms with Crippen molar-refractivity contribution in [2.45, 2.75) is 97.8 Å². The van der Waals surface area contributed by atoms with E-state index in [1.807, 2.05) is 6.07 Å². The molecule has 3 N–H and O–H groups in total. The number of aromatic hydroxyl groups is 2. The zero-order valence-corrected chi connectivity index (χ0v) is 17.9. The van der Waals surface area contributed by atoms with Crippen LogP contribution in [0.1, 0.15) is 96.1 Å². The number of phenols is 2. The first-order valence-corrected chi connectivity index (χ1v) is 10.9. The molecule has 0 saturated heterocycles. The highest BCUT2D eigenvalue weighted by Crippen LogP contribution is 2.50. The molecule has 0 spiro atoms. The minimum absolute atomic E-state index is 0.0244. The van der Waals surface area contributed by atoms with Gasteiger partial charge >= 0.3 is 5.97 Å². The molecule has 0 heterocycles. The normalized spacial score (nSPS) is 15.5. The van der Waals surface area contributed by atoms with Gasteiger partial charge in [-0.25, -0.2) is 0 Å². The van der Waals surface area contributed by atoms with Crippen LogP contribution in [-0.2, 0) is 17.6 Å². The SMILES string of the molecule is CC(C)(C)CCCCCc1ccc(O)c(O)c1CCCCCC1(C(=O)O)CC1. The van der Waals surface area contributed by atoms with E-state index >= 15 is 0 Å². The molecular weight excluding hydrogens is 352 g/mol. The van der Waals surface area contributed by atoms with Crippen LogP contribution in [0.15, 0.2) is 12.1 Å². The van der Waals surface area contributed by atoms with E-state index in [1.54, 1.807) is 6.07 Å². The summed E-state index contributed by atoms with van der Waals surface area (Å²) in [5.41, 5.74) is 1.94. The van der Waals surface area contributed by atoms with Crippen LogP contribution in [-0.4, -0.2) is 21.3 Å². The topological polar surface area (TPSA) is 77.8 Å². The number of hydrogen-bond acceptors (Lipinski definition) is 3. The number of carboxylic acids is 1. The fraction of sp³-hybridized carbons (Fsp3) is 0.708. The third-order valence-corrected chi connectivity index (χ3v) is 6.12. The van der Waals surface area contributed by atoms with E-state index in [9.17, 15) is 20.1 Å². The van der Waals surface area contributed by atoms with Crippen molar-refractivity contribution in [1.29, 1.82) is 0 Å². The van der Waals surface area contributed by atoms with Gasteiger partial charge in [-0.1, -0.05) is 52.5 Å². The summed E-state index contributed by atoms with van der Waals surface area (Å²) in [4.78, 5) is 11.2. The summed E-state index contributed by atoms with van der Waals surface area (Å²) in [5.74, 6) is -0.669. The Kier molecular flexibility index (Phi) is 7.79. The number of carboxylic acid groups (broad SMARTS) is 1. The van der Waals surface area contributed by atoms with Crippen molar-refractivity contribution < 1.29 is 20.1 Å². The van der Waals surface area contributed by atoms with E-state index in [0.717, 1.165) is 68.9 Å². The van der Waals surface area contributed by atoms with Crippen molar-refractivity contribution in [2.24, 2.45) is 10.8 Å². The van der Waals surface area contributed by atoms with Crippen LogP contribution >= 0.6 is 0 Å². The average molecular weight is 391 g/mol. The molecule has 4 heteroatoms. The molecular formula is C24H38O4. The lowest BCUT2D eigenvalue weighted by Crippen LogP contribution is -2.14. The Hall–Kier alpha value is -1.71. The predicted octanol–water partition coefficient (Wildman–Crippen LogP) is 6.21. The third-order valence-electron chi connectivity index (χ3n) is 6.12. The van der Waals surface area contributed by atoms with E-state index in [0.29, 0.717) is 5.41 Å². The van der Waals surface area contributed by atoms with Gasteiger partial charge in [0.15, 0.2) is 11.5 Å². The Morgan fingerprint density at radius 1 is 0.964 bits per heavy atom. The Labute approximate surface area is 170 Å². The van der Waals surface area contributed by atoms with E-state index in [2.05, 4.69) is 20.8 Å². The van der Waals surface area contributed by atoms with Crippen LogP contribution in [0.3, 0.4) is 0 Å². The van der Waals surface area contributed by atoms with Crippen LogP contribution in [0.25, 0.3) is 0 Å². The molecule has 0 aliphatic heterocycles. The first-order valence-electron chi connectivity index (χ1n) is 10.9. The Morgan fingerprint density at radius 2 is 1.61 bits per heavy atom. The van der Waals surface area contributed by atoms with Gasteiger partial charge in [0, 0.05) is 5.56 Å². The summed E-state index contributed by atoms with van der Waals surface area (Å²) in [6.07, 6.45) is 11.5. The summed E-state index contributed by atoms with van der Waals surface area (Å²) in [6, 6.07) is 3.53. The van der Waals surface area contributed by atoms with Crippen LogP contribution in [0, 0.1) is 10.8 Å². The van der Waals surface area contributed by atoms with Crippen molar-refractivity contribution in [3.8, 4) is 11.5 Å². The van der Waals surface area contributed by atoms with Crippen LogP contribution in [0.5, 0.6) is 11.5 Å². The van der Waals surface area contributed by atoms with Gasteiger partial charge in [-0.05, 0) is 68.4 Å². The molecule has 0 atom stereocenters. The van der Waals surface area contributed by atoms with Gasteiger partial charge in [-0.3, -0.25) is 4.79 Å². The Bertz CT molecular complexity index is 653. The van der Waals surface area contributed by atoms with Gasteiger partial charge in [0.1, 0.15) is 0 Å². The fourth-order valence-corrected chi connectivity index (χ4v) is 3.99. The number of phenolic OH excluding ortho intramolecular Hbond substituents is 2. The molecule has 0 bridgehead atoms. The van der Waals surface area contributed by atoms with Gasteiger partial charge in [0.05, 0.1) is 5.41 Å². The average Bonchev–Trinajstić information content (AvgIpc) is 3.39. The number of rotatable bonds is 12. The van der Waals surface area contributed by atoms with Crippen molar-refractivity contribution in [3.63, 3.8) is 0 Å². The molecule has 158 valence electrons. The van der Waals surface area contributed by atoms with E-state index < -0.39 is 11.4 Å². The summed E-state index contributed by atoms with van der Waals surface area (Å²) < 4.78 is 0. The molecule has 1 aliphatic rings. The molecule has 1 saturated carbocycles. The lowest BCUT2D eigenvalue weighted by atomic mass is 9.89. The maximum atomic E-state index is 11.2. The van der Waals surface area contributed by atoms with Gasteiger partial charge in [-0.15, -0.1) is 0 Å². The second-order valence-electron chi connectivity index (χ2n) is 9.84. The largest absolute Gasteiger partial charge is 0.504 e. The number of carbonyl (C=O) groups is 1. The summed E-state index contributed by atoms with van der Waals surface area (Å²) in [7, 11) is 0. The quantitative estimate of drug-likeness (QED) is 0.293. The number of benzene rings is 1. The summed E-state index contributed by atoms with van der Waals surface area (Å²) >= 11 is 0. The van der Waals surface area contributed by atoms with Crippen molar-refractivity contribution in [1.82, 2.24) is 0 Å². The van der Waals surface area contributed by atoms with Gasteiger partial charge in [-0.2, -0.15) is 0 Å². The van der Waals surface area contributed by atoms with Crippen molar-refractivity contribution >= 4 is 5.97 Å². The van der Waals surface area contributed by atoms with Gasteiger partial charge in [0.2, 0.25) is 0 Å². The first kappa shape index (κ1) is 22.6. The number of unbranched alkanes of at least 4 members (excludes halogenated alkanes) is 4. The fourth-order valence-electron chi connectivity index (χ4n) is 3.99. The predicted molar refractivity (Wildman–Crippen MR) is 113 cm³/mol. The zero-order valence-electron chi connectivity index (χ0n) is 17.9. The molecule has 4 nitrogen and oxygen atoms in total. The van der Waals surface area contributed by atoms with Crippen LogP contribution in [0.2, 0.25) is 0 Å². The van der Waals surface area contributed by atoms with Gasteiger partial charge < -0.3 is 15.3 Å². The summed E-state index contributed by atoms with van der Waals surface area (Å²) in [5, 5.41) is 29.5. The number of aryl methyl sites for hydroxylation is 1. The zero-order chi connectivity index (χ0) is 20.8. The smallest absolute Gasteiger partial charge is 0.309 e. The second kappa shape index (κ2) is 9.67. The monoisotopic (exact) mass is 390 g/mol. The first-order chi connectivity index (χ1) is 13.1. The van der Waals surface area contributed by atoms with E-state index in [-0.39, 0.29) is 11.5 Å². The number of hydrogen-bond donors (Lipinski definition) is 3.